The van der Waals surface area contributed by atoms with Crippen molar-refractivity contribution in [1.29, 1.82) is 5.26 Å². The normalized spacial score (nSPS) is 11.6. The van der Waals surface area contributed by atoms with Crippen LogP contribution in [0.1, 0.15) is 28.4 Å². The summed E-state index contributed by atoms with van der Waals surface area (Å²) in [7, 11) is 1.54. The first-order valence-corrected chi connectivity index (χ1v) is 10.9. The highest BCUT2D eigenvalue weighted by Gasteiger charge is 2.13. The molecule has 0 fully saturated rings. The highest BCUT2D eigenvalue weighted by Crippen LogP contribution is 2.23. The van der Waals surface area contributed by atoms with Gasteiger partial charge in [0.25, 0.3) is 11.5 Å². The molecule has 1 amide bonds. The number of methoxy groups -OCH3 is 1. The molecular formula is C27H24N4O3. The fourth-order valence-corrected chi connectivity index (χ4v) is 3.85. The first-order valence-electron chi connectivity index (χ1n) is 10.9. The van der Waals surface area contributed by atoms with Gasteiger partial charge in [0.2, 0.25) is 0 Å². The number of nitrogens with zero attached hydrogens (tertiary/aromatic N) is 3. The van der Waals surface area contributed by atoms with Gasteiger partial charge in [-0.25, -0.2) is 4.98 Å². The van der Waals surface area contributed by atoms with Crippen molar-refractivity contribution in [2.24, 2.45) is 5.92 Å². The first-order chi connectivity index (χ1) is 16.4. The number of amides is 1. The molecule has 3 aromatic carbocycles. The number of aromatic nitrogens is 2. The van der Waals surface area contributed by atoms with Crippen molar-refractivity contribution in [2.45, 2.75) is 20.3 Å². The van der Waals surface area contributed by atoms with E-state index in [-0.39, 0.29) is 17.4 Å². The molecule has 1 aromatic heterocycles. The maximum Gasteiger partial charge on any atom is 0.265 e. The molecule has 1 atom stereocenters. The van der Waals surface area contributed by atoms with E-state index in [0.29, 0.717) is 40.0 Å². The molecule has 4 aromatic rings. The maximum absolute atomic E-state index is 13.2. The van der Waals surface area contributed by atoms with Gasteiger partial charge in [-0.2, -0.15) is 5.26 Å². The fourth-order valence-electron chi connectivity index (χ4n) is 3.85. The number of anilines is 1. The topological polar surface area (TPSA) is 97.0 Å². The van der Waals surface area contributed by atoms with Gasteiger partial charge in [0, 0.05) is 17.2 Å². The van der Waals surface area contributed by atoms with E-state index in [4.69, 9.17) is 10.00 Å². The van der Waals surface area contributed by atoms with E-state index in [1.807, 2.05) is 32.0 Å². The van der Waals surface area contributed by atoms with Crippen molar-refractivity contribution in [2.75, 3.05) is 12.4 Å². The summed E-state index contributed by atoms with van der Waals surface area (Å²) in [5.74, 6) is 0.132. The van der Waals surface area contributed by atoms with Gasteiger partial charge in [-0.3, -0.25) is 14.2 Å². The molecule has 0 saturated carbocycles. The molecule has 0 aliphatic heterocycles. The standard InChI is InChI=1S/C27H24N4O3/c1-17(15-28)12-19-6-4-7-20(13-19)26(32)30-21-11-10-18(2)23(14-21)31-16-29-25-22(27(31)33)8-5-9-24(25)34-3/h4-11,13-14,16-17H,12H2,1-3H3,(H,30,32). The Morgan fingerprint density at radius 3 is 2.74 bits per heavy atom. The van der Waals surface area contributed by atoms with Gasteiger partial charge in [0.05, 0.1) is 24.3 Å². The second kappa shape index (κ2) is 9.59. The van der Waals surface area contributed by atoms with E-state index < -0.39 is 0 Å². The van der Waals surface area contributed by atoms with Crippen molar-refractivity contribution in [1.82, 2.24) is 9.55 Å². The first kappa shape index (κ1) is 22.7. The van der Waals surface area contributed by atoms with Crippen molar-refractivity contribution in [3.63, 3.8) is 0 Å². The van der Waals surface area contributed by atoms with Crippen LogP contribution >= 0.6 is 0 Å². The number of fused-ring (bicyclic) bond motifs is 1. The smallest absolute Gasteiger partial charge is 0.265 e. The van der Waals surface area contributed by atoms with Crippen molar-refractivity contribution >= 4 is 22.5 Å². The van der Waals surface area contributed by atoms with E-state index in [1.165, 1.54) is 18.0 Å². The molecule has 7 heteroatoms. The highest BCUT2D eigenvalue weighted by atomic mass is 16.5. The quantitative estimate of drug-likeness (QED) is 0.459. The predicted octanol–water partition coefficient (Wildman–Crippen LogP) is 4.66. The Balaban J connectivity index is 1.66. The Labute approximate surface area is 197 Å². The van der Waals surface area contributed by atoms with Crippen LogP contribution in [0.15, 0.2) is 71.8 Å². The second-order valence-electron chi connectivity index (χ2n) is 8.17. The Bertz CT molecular complexity index is 1480. The number of carbonyl (C=O) groups excluding carboxylic acids is 1. The van der Waals surface area contributed by atoms with E-state index in [1.54, 1.807) is 42.5 Å². The molecule has 1 N–H and O–H groups in total. The van der Waals surface area contributed by atoms with Crippen molar-refractivity contribution in [3.05, 3.63) is 94.0 Å². The number of nitriles is 1. The van der Waals surface area contributed by atoms with Crippen LogP contribution in [0, 0.1) is 24.2 Å². The van der Waals surface area contributed by atoms with Crippen molar-refractivity contribution in [3.8, 4) is 17.5 Å². The number of ether oxygens (including phenoxy) is 1. The summed E-state index contributed by atoms with van der Waals surface area (Å²) >= 11 is 0. The molecule has 170 valence electrons. The Hall–Kier alpha value is -4.44. The zero-order chi connectivity index (χ0) is 24.2. The average Bonchev–Trinajstić information content (AvgIpc) is 2.85. The van der Waals surface area contributed by atoms with Crippen molar-refractivity contribution < 1.29 is 9.53 Å². The molecule has 0 radical (unpaired) electrons. The van der Waals surface area contributed by atoms with Crippen LogP contribution in [-0.2, 0) is 6.42 Å². The average molecular weight is 453 g/mol. The summed E-state index contributed by atoms with van der Waals surface area (Å²) in [5, 5.41) is 12.4. The second-order valence-corrected chi connectivity index (χ2v) is 8.17. The molecule has 0 saturated heterocycles. The zero-order valence-corrected chi connectivity index (χ0v) is 19.2. The molecule has 1 heterocycles. The third-order valence-electron chi connectivity index (χ3n) is 5.65. The Morgan fingerprint density at radius 1 is 1.18 bits per heavy atom. The Morgan fingerprint density at radius 2 is 1.97 bits per heavy atom. The van der Waals surface area contributed by atoms with Gasteiger partial charge in [-0.05, 0) is 67.8 Å². The molecule has 0 spiro atoms. The van der Waals surface area contributed by atoms with Gasteiger partial charge >= 0.3 is 0 Å². The molecule has 1 unspecified atom stereocenters. The minimum atomic E-state index is -0.269. The van der Waals surface area contributed by atoms with Gasteiger partial charge in [0.15, 0.2) is 0 Å². The lowest BCUT2D eigenvalue weighted by Crippen LogP contribution is -2.20. The van der Waals surface area contributed by atoms with Crippen LogP contribution in [-0.4, -0.2) is 22.6 Å². The SMILES string of the molecule is COc1cccc2c(=O)n(-c3cc(NC(=O)c4cccc(CC(C)C#N)c4)ccc3C)cnc12. The van der Waals surface area contributed by atoms with Gasteiger partial charge in [-0.15, -0.1) is 0 Å². The number of nitrogens with one attached hydrogen (secondary N) is 1. The lowest BCUT2D eigenvalue weighted by atomic mass is 10.0. The predicted molar refractivity (Wildman–Crippen MR) is 132 cm³/mol. The van der Waals surface area contributed by atoms with E-state index in [2.05, 4.69) is 16.4 Å². The summed E-state index contributed by atoms with van der Waals surface area (Å²) in [4.78, 5) is 30.5. The lowest BCUT2D eigenvalue weighted by molar-refractivity contribution is 0.102. The molecule has 0 bridgehead atoms. The molecule has 0 aliphatic carbocycles. The van der Waals surface area contributed by atoms with E-state index in [0.717, 1.165) is 11.1 Å². The molecule has 4 rings (SSSR count). The van der Waals surface area contributed by atoms with Crippen LogP contribution < -0.4 is 15.6 Å². The number of benzene rings is 3. The van der Waals surface area contributed by atoms with Gasteiger partial charge < -0.3 is 10.1 Å². The summed E-state index contributed by atoms with van der Waals surface area (Å²) in [6.45, 7) is 3.74. The monoisotopic (exact) mass is 452 g/mol. The fraction of sp³-hybridized carbons (Fsp3) is 0.185. The van der Waals surface area contributed by atoms with Crippen LogP contribution in [0.5, 0.6) is 5.75 Å². The number of carbonyl (C=O) groups is 1. The third-order valence-corrected chi connectivity index (χ3v) is 5.65. The van der Waals surface area contributed by atoms with Gasteiger partial charge in [0.1, 0.15) is 17.6 Å². The largest absolute Gasteiger partial charge is 0.494 e. The summed E-state index contributed by atoms with van der Waals surface area (Å²) < 4.78 is 6.79. The van der Waals surface area contributed by atoms with Crippen LogP contribution in [0.4, 0.5) is 5.69 Å². The Kier molecular flexibility index (Phi) is 6.42. The third kappa shape index (κ3) is 4.52. The minimum Gasteiger partial charge on any atom is -0.494 e. The maximum atomic E-state index is 13.2. The van der Waals surface area contributed by atoms with E-state index >= 15 is 0 Å². The molecule has 34 heavy (non-hydrogen) atoms. The highest BCUT2D eigenvalue weighted by molar-refractivity contribution is 6.04. The number of hydrogen-bond acceptors (Lipinski definition) is 5. The summed E-state index contributed by atoms with van der Waals surface area (Å²) in [6.07, 6.45) is 2.05. The van der Waals surface area contributed by atoms with Crippen LogP contribution in [0.3, 0.4) is 0 Å². The zero-order valence-electron chi connectivity index (χ0n) is 19.2. The lowest BCUT2D eigenvalue weighted by Gasteiger charge is -2.13. The van der Waals surface area contributed by atoms with Gasteiger partial charge in [-0.1, -0.05) is 24.3 Å². The molecular weight excluding hydrogens is 428 g/mol. The number of aryl methyl sites for hydroxylation is 1. The number of para-hydroxylation sites is 1. The van der Waals surface area contributed by atoms with E-state index in [9.17, 15) is 9.59 Å². The minimum absolute atomic E-state index is 0.133. The number of rotatable bonds is 6. The summed E-state index contributed by atoms with van der Waals surface area (Å²) in [6, 6.07) is 20.1. The van der Waals surface area contributed by atoms with Crippen LogP contribution in [0.2, 0.25) is 0 Å². The molecule has 7 nitrogen and oxygen atoms in total. The summed E-state index contributed by atoms with van der Waals surface area (Å²) in [5.41, 5.74) is 3.73. The number of hydrogen-bond donors (Lipinski definition) is 1. The molecule has 0 aliphatic rings. The van der Waals surface area contributed by atoms with Crippen LogP contribution in [0.25, 0.3) is 16.6 Å².